The summed E-state index contributed by atoms with van der Waals surface area (Å²) in [4.78, 5) is 2.26. The van der Waals surface area contributed by atoms with Gasteiger partial charge in [-0.15, -0.1) is 0 Å². The van der Waals surface area contributed by atoms with E-state index in [0.29, 0.717) is 0 Å². The number of rotatable bonds is 3. The SMILES string of the molecule is CC(CS(=O)[O-])N1CCCCC1. The Hall–Kier alpha value is 0.0700. The summed E-state index contributed by atoms with van der Waals surface area (Å²) in [5.41, 5.74) is 0. The molecule has 1 heterocycles. The molecule has 4 heteroatoms. The lowest BCUT2D eigenvalue weighted by Gasteiger charge is -2.32. The maximum absolute atomic E-state index is 10.4. The summed E-state index contributed by atoms with van der Waals surface area (Å²) in [5, 5.41) is 0. The highest BCUT2D eigenvalue weighted by atomic mass is 32.2. The van der Waals surface area contributed by atoms with E-state index in [1.807, 2.05) is 6.92 Å². The van der Waals surface area contributed by atoms with Crippen molar-refractivity contribution in [1.82, 2.24) is 4.90 Å². The summed E-state index contributed by atoms with van der Waals surface area (Å²) in [7, 11) is 0. The molecular weight excluding hydrogens is 174 g/mol. The van der Waals surface area contributed by atoms with Crippen LogP contribution in [-0.2, 0) is 11.1 Å². The van der Waals surface area contributed by atoms with E-state index in [1.54, 1.807) is 0 Å². The summed E-state index contributed by atoms with van der Waals surface area (Å²) in [5.74, 6) is 0.278. The van der Waals surface area contributed by atoms with Gasteiger partial charge in [-0.3, -0.25) is 9.11 Å². The quantitative estimate of drug-likeness (QED) is 0.616. The molecule has 0 amide bonds. The second-order valence-electron chi connectivity index (χ2n) is 3.42. The van der Waals surface area contributed by atoms with Crippen LogP contribution in [0, 0.1) is 0 Å². The van der Waals surface area contributed by atoms with Gasteiger partial charge in [-0.25, -0.2) is 0 Å². The molecule has 1 saturated heterocycles. The smallest absolute Gasteiger partial charge is 0.0255 e. The Labute approximate surface area is 76.4 Å². The zero-order valence-corrected chi connectivity index (χ0v) is 8.31. The van der Waals surface area contributed by atoms with Crippen LogP contribution in [0.5, 0.6) is 0 Å². The zero-order chi connectivity index (χ0) is 8.97. The first-order chi connectivity index (χ1) is 5.70. The van der Waals surface area contributed by atoms with Gasteiger partial charge >= 0.3 is 0 Å². The normalized spacial score (nSPS) is 25.2. The van der Waals surface area contributed by atoms with Gasteiger partial charge in [-0.2, -0.15) is 0 Å². The van der Waals surface area contributed by atoms with Crippen LogP contribution in [0.15, 0.2) is 0 Å². The number of piperidine rings is 1. The van der Waals surface area contributed by atoms with Gasteiger partial charge in [0.1, 0.15) is 0 Å². The van der Waals surface area contributed by atoms with Crippen molar-refractivity contribution in [2.24, 2.45) is 0 Å². The fourth-order valence-corrected chi connectivity index (χ4v) is 2.27. The number of nitrogens with zero attached hydrogens (tertiary/aromatic N) is 1. The van der Waals surface area contributed by atoms with Gasteiger partial charge < -0.3 is 4.55 Å². The van der Waals surface area contributed by atoms with Crippen molar-refractivity contribution in [2.75, 3.05) is 18.8 Å². The molecule has 0 N–H and O–H groups in total. The van der Waals surface area contributed by atoms with Crippen molar-refractivity contribution in [3.05, 3.63) is 0 Å². The third kappa shape index (κ3) is 3.21. The largest absolute Gasteiger partial charge is 0.772 e. The molecule has 0 bridgehead atoms. The molecule has 1 fully saturated rings. The molecule has 0 aliphatic carbocycles. The van der Waals surface area contributed by atoms with E-state index >= 15 is 0 Å². The van der Waals surface area contributed by atoms with E-state index in [4.69, 9.17) is 0 Å². The predicted molar refractivity (Wildman–Crippen MR) is 48.7 cm³/mol. The van der Waals surface area contributed by atoms with E-state index in [1.165, 1.54) is 19.3 Å². The summed E-state index contributed by atoms with van der Waals surface area (Å²) < 4.78 is 20.9. The molecule has 12 heavy (non-hydrogen) atoms. The summed E-state index contributed by atoms with van der Waals surface area (Å²) in [6.45, 7) is 4.12. The third-order valence-electron chi connectivity index (χ3n) is 2.39. The lowest BCUT2D eigenvalue weighted by atomic mass is 10.1. The Morgan fingerprint density at radius 3 is 2.50 bits per heavy atom. The van der Waals surface area contributed by atoms with Crippen LogP contribution in [0.25, 0.3) is 0 Å². The number of hydrogen-bond donors (Lipinski definition) is 0. The van der Waals surface area contributed by atoms with E-state index < -0.39 is 11.1 Å². The molecule has 2 unspecified atom stereocenters. The summed E-state index contributed by atoms with van der Waals surface area (Å²) in [6.07, 6.45) is 3.73. The van der Waals surface area contributed by atoms with Gasteiger partial charge in [0.2, 0.25) is 0 Å². The minimum atomic E-state index is -1.89. The molecule has 0 aromatic rings. The molecule has 0 aromatic carbocycles. The second kappa shape index (κ2) is 4.94. The van der Waals surface area contributed by atoms with Gasteiger partial charge in [-0.1, -0.05) is 17.5 Å². The Bertz CT molecular complexity index is 157. The maximum Gasteiger partial charge on any atom is 0.0255 e. The third-order valence-corrected chi connectivity index (χ3v) is 3.15. The van der Waals surface area contributed by atoms with Crippen LogP contribution in [0.3, 0.4) is 0 Å². The fraction of sp³-hybridized carbons (Fsp3) is 1.00. The highest BCUT2D eigenvalue weighted by Gasteiger charge is 2.15. The van der Waals surface area contributed by atoms with Crippen LogP contribution in [0.2, 0.25) is 0 Å². The highest BCUT2D eigenvalue weighted by molar-refractivity contribution is 7.79. The summed E-state index contributed by atoms with van der Waals surface area (Å²) >= 11 is -1.89. The second-order valence-corrected chi connectivity index (χ2v) is 4.36. The average Bonchev–Trinajstić information content (AvgIpc) is 2.05. The number of likely N-dealkylation sites (tertiary alicyclic amines) is 1. The van der Waals surface area contributed by atoms with E-state index in [-0.39, 0.29) is 11.8 Å². The van der Waals surface area contributed by atoms with Gasteiger partial charge in [0.25, 0.3) is 0 Å². The first-order valence-electron chi connectivity index (χ1n) is 4.50. The van der Waals surface area contributed by atoms with Gasteiger partial charge in [0, 0.05) is 11.8 Å². The van der Waals surface area contributed by atoms with Crippen molar-refractivity contribution in [3.63, 3.8) is 0 Å². The molecule has 0 saturated carbocycles. The minimum Gasteiger partial charge on any atom is -0.772 e. The highest BCUT2D eigenvalue weighted by Crippen LogP contribution is 2.12. The summed E-state index contributed by atoms with van der Waals surface area (Å²) in [6, 6.07) is 0.198. The Morgan fingerprint density at radius 1 is 1.42 bits per heavy atom. The van der Waals surface area contributed by atoms with Crippen molar-refractivity contribution in [2.45, 2.75) is 32.2 Å². The molecule has 1 aliphatic rings. The van der Waals surface area contributed by atoms with Crippen LogP contribution >= 0.6 is 0 Å². The molecule has 2 atom stereocenters. The van der Waals surface area contributed by atoms with Crippen LogP contribution in [0.4, 0.5) is 0 Å². The molecule has 3 nitrogen and oxygen atoms in total. The minimum absolute atomic E-state index is 0.198. The zero-order valence-electron chi connectivity index (χ0n) is 7.49. The molecule has 1 rings (SSSR count). The van der Waals surface area contributed by atoms with E-state index in [2.05, 4.69) is 4.90 Å². The van der Waals surface area contributed by atoms with Crippen LogP contribution in [0.1, 0.15) is 26.2 Å². The monoisotopic (exact) mass is 190 g/mol. The predicted octanol–water partition coefficient (Wildman–Crippen LogP) is 0.740. The molecular formula is C8H16NO2S-. The maximum atomic E-state index is 10.4. The van der Waals surface area contributed by atoms with Gasteiger partial charge in [0.15, 0.2) is 0 Å². The first-order valence-corrected chi connectivity index (χ1v) is 5.74. The van der Waals surface area contributed by atoms with Crippen LogP contribution < -0.4 is 0 Å². The topological polar surface area (TPSA) is 43.4 Å². The van der Waals surface area contributed by atoms with Crippen molar-refractivity contribution in [1.29, 1.82) is 0 Å². The Kier molecular flexibility index (Phi) is 4.18. The average molecular weight is 190 g/mol. The first kappa shape index (κ1) is 10.2. The molecule has 0 spiro atoms. The van der Waals surface area contributed by atoms with Crippen molar-refractivity contribution < 1.29 is 8.76 Å². The molecule has 0 radical (unpaired) electrons. The van der Waals surface area contributed by atoms with Crippen LogP contribution in [-0.4, -0.2) is 38.5 Å². The molecule has 0 aromatic heterocycles. The number of hydrogen-bond acceptors (Lipinski definition) is 3. The Morgan fingerprint density at radius 2 is 2.00 bits per heavy atom. The Balaban J connectivity index is 2.29. The lowest BCUT2D eigenvalue weighted by Crippen LogP contribution is -2.40. The lowest BCUT2D eigenvalue weighted by molar-refractivity contribution is 0.186. The van der Waals surface area contributed by atoms with Crippen molar-refractivity contribution in [3.8, 4) is 0 Å². The standard InChI is InChI=1S/C8H17NO2S/c1-8(7-12(10)11)9-5-3-2-4-6-9/h8H,2-7H2,1H3,(H,10,11)/p-1. The van der Waals surface area contributed by atoms with E-state index in [9.17, 15) is 8.76 Å². The van der Waals surface area contributed by atoms with Crippen molar-refractivity contribution >= 4 is 11.1 Å². The van der Waals surface area contributed by atoms with Gasteiger partial charge in [0.05, 0.1) is 0 Å². The van der Waals surface area contributed by atoms with E-state index in [0.717, 1.165) is 13.1 Å². The fourth-order valence-electron chi connectivity index (χ4n) is 1.66. The van der Waals surface area contributed by atoms with Gasteiger partial charge in [-0.05, 0) is 32.9 Å². The molecule has 1 aliphatic heterocycles. The molecule has 72 valence electrons.